The van der Waals surface area contributed by atoms with Crippen molar-refractivity contribution in [2.75, 3.05) is 0 Å². The van der Waals surface area contributed by atoms with Gasteiger partial charge in [-0.3, -0.25) is 0 Å². The molecule has 0 bridgehead atoms. The van der Waals surface area contributed by atoms with Crippen LogP contribution in [-0.2, 0) is 0 Å². The summed E-state index contributed by atoms with van der Waals surface area (Å²) in [4.78, 5) is 3.91. The lowest BCUT2D eigenvalue weighted by atomic mass is 10.4. The molecule has 0 unspecified atom stereocenters. The van der Waals surface area contributed by atoms with Gasteiger partial charge in [-0.2, -0.15) is 0 Å². The van der Waals surface area contributed by atoms with Crippen molar-refractivity contribution in [3.05, 3.63) is 43.2 Å². The van der Waals surface area contributed by atoms with Gasteiger partial charge in [-0.25, -0.2) is 4.98 Å². The Bertz CT molecular complexity index is 320. The fourth-order valence-corrected chi connectivity index (χ4v) is 1.27. The third kappa shape index (κ3) is 3.93. The van der Waals surface area contributed by atoms with Gasteiger partial charge in [0.15, 0.2) is 0 Å². The van der Waals surface area contributed by atoms with Crippen LogP contribution in [0.5, 0.6) is 0 Å². The summed E-state index contributed by atoms with van der Waals surface area (Å²) in [7, 11) is 0. The number of aromatic nitrogens is 3. The van der Waals surface area contributed by atoms with Gasteiger partial charge < -0.3 is 9.13 Å². The molecule has 2 rings (SSSR count). The molecule has 3 nitrogen and oxygen atoms in total. The summed E-state index contributed by atoms with van der Waals surface area (Å²) in [6, 6.07) is 5.22. The quantitative estimate of drug-likeness (QED) is 0.757. The molecule has 0 atom stereocenters. The molecule has 0 amide bonds. The highest BCUT2D eigenvalue weighted by Crippen LogP contribution is 2.01. The molecule has 0 aromatic carbocycles. The molecule has 0 radical (unpaired) electrons. The van der Waals surface area contributed by atoms with Crippen LogP contribution in [0.3, 0.4) is 0 Å². The van der Waals surface area contributed by atoms with E-state index < -0.39 is 0 Å². The van der Waals surface area contributed by atoms with E-state index in [0.29, 0.717) is 12.1 Å². The van der Waals surface area contributed by atoms with Crippen LogP contribution in [0.2, 0.25) is 0 Å². The molecule has 0 fully saturated rings. The maximum absolute atomic E-state index is 3.91. The fourth-order valence-electron chi connectivity index (χ4n) is 1.27. The molecule has 0 aliphatic carbocycles. The molecule has 0 aliphatic heterocycles. The second kappa shape index (κ2) is 6.16. The predicted molar refractivity (Wildman–Crippen MR) is 67.4 cm³/mol. The van der Waals surface area contributed by atoms with Gasteiger partial charge in [0.05, 0.1) is 6.33 Å². The fraction of sp³-hybridized carbons (Fsp3) is 0.462. The number of hydrogen-bond donors (Lipinski definition) is 0. The van der Waals surface area contributed by atoms with Crippen molar-refractivity contribution in [3.8, 4) is 0 Å². The normalized spacial score (nSPS) is 10.4. The van der Waals surface area contributed by atoms with E-state index in [1.165, 1.54) is 0 Å². The SMILES string of the molecule is CC(C)n1cccc1.CC(C)n1ccnc1. The largest absolute Gasteiger partial charge is 0.352 e. The van der Waals surface area contributed by atoms with Crippen LogP contribution >= 0.6 is 0 Å². The minimum absolute atomic E-state index is 0.539. The van der Waals surface area contributed by atoms with E-state index in [0.717, 1.165) is 0 Å². The zero-order chi connectivity index (χ0) is 12.0. The van der Waals surface area contributed by atoms with Crippen molar-refractivity contribution in [2.45, 2.75) is 39.8 Å². The summed E-state index contributed by atoms with van der Waals surface area (Å²) < 4.78 is 4.22. The molecule has 0 spiro atoms. The summed E-state index contributed by atoms with van der Waals surface area (Å²) in [6.07, 6.45) is 9.73. The lowest BCUT2D eigenvalue weighted by Gasteiger charge is -2.03. The molecule has 2 aromatic rings. The molecule has 88 valence electrons. The van der Waals surface area contributed by atoms with Crippen LogP contribution in [-0.4, -0.2) is 14.1 Å². The standard InChI is InChI=1S/C7H11N.C6H10N2/c1-7(2)8-5-3-4-6-8;1-6(2)8-4-3-7-5-8/h3-7H,1-2H3;3-6H,1-2H3. The Morgan fingerprint density at radius 3 is 1.62 bits per heavy atom. The highest BCUT2D eigenvalue weighted by molar-refractivity contribution is 4.91. The Balaban J connectivity index is 0.000000160. The highest BCUT2D eigenvalue weighted by Gasteiger charge is 1.91. The number of rotatable bonds is 2. The minimum atomic E-state index is 0.539. The number of imidazole rings is 1. The zero-order valence-electron chi connectivity index (χ0n) is 10.5. The van der Waals surface area contributed by atoms with Gasteiger partial charge >= 0.3 is 0 Å². The lowest BCUT2D eigenvalue weighted by molar-refractivity contribution is 0.600. The van der Waals surface area contributed by atoms with Crippen LogP contribution in [0.4, 0.5) is 0 Å². The molecule has 2 heterocycles. The minimum Gasteiger partial charge on any atom is -0.352 e. The van der Waals surface area contributed by atoms with E-state index in [1.807, 2.05) is 24.7 Å². The molecule has 3 heteroatoms. The second-order valence-electron chi connectivity index (χ2n) is 4.33. The van der Waals surface area contributed by atoms with E-state index in [2.05, 4.69) is 54.2 Å². The maximum Gasteiger partial charge on any atom is 0.0948 e. The monoisotopic (exact) mass is 219 g/mol. The van der Waals surface area contributed by atoms with Crippen LogP contribution in [0.25, 0.3) is 0 Å². The second-order valence-corrected chi connectivity index (χ2v) is 4.33. The first-order chi connectivity index (χ1) is 7.61. The first-order valence-electron chi connectivity index (χ1n) is 5.71. The average Bonchev–Trinajstić information content (AvgIpc) is 2.93. The van der Waals surface area contributed by atoms with Gasteiger partial charge in [0.2, 0.25) is 0 Å². The third-order valence-corrected chi connectivity index (χ3v) is 2.34. The topological polar surface area (TPSA) is 22.8 Å². The van der Waals surface area contributed by atoms with E-state index in [1.54, 1.807) is 6.20 Å². The van der Waals surface area contributed by atoms with Crippen molar-refractivity contribution < 1.29 is 0 Å². The van der Waals surface area contributed by atoms with Gasteiger partial charge in [0.1, 0.15) is 0 Å². The molecular weight excluding hydrogens is 198 g/mol. The predicted octanol–water partition coefficient (Wildman–Crippen LogP) is 3.53. The lowest BCUT2D eigenvalue weighted by Crippen LogP contribution is -1.95. The summed E-state index contributed by atoms with van der Waals surface area (Å²) >= 11 is 0. The smallest absolute Gasteiger partial charge is 0.0948 e. The van der Waals surface area contributed by atoms with Gasteiger partial charge in [0, 0.05) is 36.9 Å². The molecule has 16 heavy (non-hydrogen) atoms. The van der Waals surface area contributed by atoms with Crippen LogP contribution in [0, 0.1) is 0 Å². The molecule has 0 aliphatic rings. The van der Waals surface area contributed by atoms with Crippen molar-refractivity contribution in [3.63, 3.8) is 0 Å². The van der Waals surface area contributed by atoms with E-state index in [9.17, 15) is 0 Å². The van der Waals surface area contributed by atoms with Crippen molar-refractivity contribution in [1.29, 1.82) is 0 Å². The van der Waals surface area contributed by atoms with Gasteiger partial charge in [-0.1, -0.05) is 0 Å². The summed E-state index contributed by atoms with van der Waals surface area (Å²) in [5.74, 6) is 0. The first-order valence-corrected chi connectivity index (χ1v) is 5.71. The zero-order valence-corrected chi connectivity index (χ0v) is 10.5. The van der Waals surface area contributed by atoms with E-state index in [-0.39, 0.29) is 0 Å². The number of hydrogen-bond acceptors (Lipinski definition) is 1. The first kappa shape index (κ1) is 12.6. The molecule has 0 saturated carbocycles. The van der Waals surface area contributed by atoms with E-state index in [4.69, 9.17) is 0 Å². The average molecular weight is 219 g/mol. The molecular formula is C13H21N3. The Hall–Kier alpha value is -1.51. The Morgan fingerprint density at radius 1 is 0.812 bits per heavy atom. The summed E-state index contributed by atoms with van der Waals surface area (Å²) in [6.45, 7) is 8.59. The maximum atomic E-state index is 3.91. The van der Waals surface area contributed by atoms with Gasteiger partial charge in [0.25, 0.3) is 0 Å². The van der Waals surface area contributed by atoms with Gasteiger partial charge in [-0.05, 0) is 39.8 Å². The summed E-state index contributed by atoms with van der Waals surface area (Å²) in [5, 5.41) is 0. The third-order valence-electron chi connectivity index (χ3n) is 2.34. The van der Waals surface area contributed by atoms with Crippen LogP contribution in [0.1, 0.15) is 39.8 Å². The van der Waals surface area contributed by atoms with Gasteiger partial charge in [-0.15, -0.1) is 0 Å². The Kier molecular flexibility index (Phi) is 4.83. The summed E-state index contributed by atoms with van der Waals surface area (Å²) in [5.41, 5.74) is 0. The highest BCUT2D eigenvalue weighted by atomic mass is 15.0. The van der Waals surface area contributed by atoms with Crippen molar-refractivity contribution in [1.82, 2.24) is 14.1 Å². The molecule has 0 N–H and O–H groups in total. The Labute approximate surface area is 97.7 Å². The molecule has 0 saturated heterocycles. The van der Waals surface area contributed by atoms with E-state index >= 15 is 0 Å². The molecule has 2 aromatic heterocycles. The van der Waals surface area contributed by atoms with Crippen molar-refractivity contribution >= 4 is 0 Å². The van der Waals surface area contributed by atoms with Crippen LogP contribution < -0.4 is 0 Å². The Morgan fingerprint density at radius 2 is 1.38 bits per heavy atom. The van der Waals surface area contributed by atoms with Crippen LogP contribution in [0.15, 0.2) is 43.2 Å². The number of nitrogens with zero attached hydrogens (tertiary/aromatic N) is 3. The van der Waals surface area contributed by atoms with Crippen molar-refractivity contribution in [2.24, 2.45) is 0 Å².